The highest BCUT2D eigenvalue weighted by atomic mass is 127. The van der Waals surface area contributed by atoms with E-state index in [-0.39, 0.29) is 5.83 Å². The summed E-state index contributed by atoms with van der Waals surface area (Å²) >= 11 is 1.96. The lowest BCUT2D eigenvalue weighted by Crippen LogP contribution is -1.79. The number of aliphatic imine (C=N–C) groups is 1. The number of allylic oxidation sites excluding steroid dienone is 3. The van der Waals surface area contributed by atoms with Crippen LogP contribution in [0.3, 0.4) is 0 Å². The Kier molecular flexibility index (Phi) is 5.36. The lowest BCUT2D eigenvalue weighted by atomic mass is 10.4. The average molecular weight is 267 g/mol. The normalized spacial score (nSPS) is 13.5. The lowest BCUT2D eigenvalue weighted by molar-refractivity contribution is 0.679. The summed E-state index contributed by atoms with van der Waals surface area (Å²) in [5.41, 5.74) is 0.612. The smallest absolute Gasteiger partial charge is 0.150 e. The van der Waals surface area contributed by atoms with Crippen LogP contribution < -0.4 is 0 Å². The minimum atomic E-state index is -0.267. The van der Waals surface area contributed by atoms with Crippen molar-refractivity contribution in [1.82, 2.24) is 0 Å². The van der Waals surface area contributed by atoms with Gasteiger partial charge in [0.05, 0.1) is 6.21 Å². The van der Waals surface area contributed by atoms with Gasteiger partial charge in [-0.1, -0.05) is 13.5 Å². The van der Waals surface area contributed by atoms with Crippen LogP contribution in [0.15, 0.2) is 26.7 Å². The zero-order valence-electron chi connectivity index (χ0n) is 6.69. The van der Waals surface area contributed by atoms with E-state index in [0.29, 0.717) is 15.7 Å². The summed E-state index contributed by atoms with van der Waals surface area (Å²) in [5.74, 6) is -0.267. The second kappa shape index (κ2) is 5.46. The first kappa shape index (κ1) is 10.8. The van der Waals surface area contributed by atoms with E-state index in [1.165, 1.54) is 6.21 Å². The first-order chi connectivity index (χ1) is 5.07. The fourth-order valence-corrected chi connectivity index (χ4v) is 0.545. The van der Waals surface area contributed by atoms with E-state index in [0.717, 1.165) is 0 Å². The molecule has 0 amide bonds. The van der Waals surface area contributed by atoms with E-state index >= 15 is 0 Å². The Bertz CT molecular complexity index is 206. The van der Waals surface area contributed by atoms with E-state index in [2.05, 4.69) is 11.6 Å². The third-order valence-corrected chi connectivity index (χ3v) is 2.25. The molecular weight excluding hydrogens is 256 g/mol. The van der Waals surface area contributed by atoms with Gasteiger partial charge in [0.2, 0.25) is 0 Å². The molecule has 0 saturated carbocycles. The minimum absolute atomic E-state index is 0.267. The fraction of sp³-hybridized carbons (Fsp3) is 0.375. The Morgan fingerprint density at radius 2 is 2.27 bits per heavy atom. The van der Waals surface area contributed by atoms with Crippen molar-refractivity contribution in [3.05, 3.63) is 21.7 Å². The van der Waals surface area contributed by atoms with Crippen LogP contribution in [0.4, 0.5) is 4.39 Å². The van der Waals surface area contributed by atoms with Gasteiger partial charge in [-0.2, -0.15) is 0 Å². The molecule has 0 spiro atoms. The molecule has 0 aliphatic carbocycles. The number of halogens is 2. The number of rotatable bonds is 3. The summed E-state index contributed by atoms with van der Waals surface area (Å²) in [5, 5.41) is 0. The monoisotopic (exact) mass is 267 g/mol. The van der Waals surface area contributed by atoms with Crippen molar-refractivity contribution < 1.29 is 4.39 Å². The Morgan fingerprint density at radius 1 is 1.73 bits per heavy atom. The molecule has 0 aromatic rings. The predicted molar refractivity (Wildman–Crippen MR) is 55.8 cm³/mol. The summed E-state index contributed by atoms with van der Waals surface area (Å²) in [6.07, 6.45) is 1.90. The summed E-state index contributed by atoms with van der Waals surface area (Å²) in [6.45, 7) is 7.15. The summed E-state index contributed by atoms with van der Waals surface area (Å²) < 4.78 is 13.5. The zero-order valence-corrected chi connectivity index (χ0v) is 8.85. The molecule has 0 rings (SSSR count). The van der Waals surface area contributed by atoms with Gasteiger partial charge in [-0.15, -0.1) is 0 Å². The molecule has 0 unspecified atom stereocenters. The molecular formula is C8H11FIN. The Morgan fingerprint density at radius 3 is 2.64 bits per heavy atom. The maximum Gasteiger partial charge on any atom is 0.150 e. The topological polar surface area (TPSA) is 12.4 Å². The van der Waals surface area contributed by atoms with Crippen LogP contribution in [-0.2, 0) is 0 Å². The Hall–Kier alpha value is -0.190. The Labute approximate surface area is 80.2 Å². The van der Waals surface area contributed by atoms with Crippen LogP contribution in [0, 0.1) is 0 Å². The quantitative estimate of drug-likeness (QED) is 0.547. The first-order valence-electron chi connectivity index (χ1n) is 3.31. The van der Waals surface area contributed by atoms with Gasteiger partial charge in [-0.25, -0.2) is 4.39 Å². The fourth-order valence-electron chi connectivity index (χ4n) is 0.406. The van der Waals surface area contributed by atoms with Crippen LogP contribution in [0.2, 0.25) is 0 Å². The third kappa shape index (κ3) is 5.12. The van der Waals surface area contributed by atoms with Crippen molar-refractivity contribution in [1.29, 1.82) is 0 Å². The molecule has 0 fully saturated rings. The minimum Gasteiger partial charge on any atom is -0.259 e. The maximum atomic E-state index is 12.8. The van der Waals surface area contributed by atoms with Gasteiger partial charge in [0.25, 0.3) is 0 Å². The van der Waals surface area contributed by atoms with E-state index in [1.54, 1.807) is 6.92 Å². The van der Waals surface area contributed by atoms with Gasteiger partial charge in [0.1, 0.15) is 0 Å². The first-order valence-corrected chi connectivity index (χ1v) is 4.39. The second-order valence-corrected chi connectivity index (χ2v) is 3.40. The predicted octanol–water partition coefficient (Wildman–Crippen LogP) is 3.62. The summed E-state index contributed by atoms with van der Waals surface area (Å²) in [6, 6.07) is 0. The van der Waals surface area contributed by atoms with Crippen LogP contribution in [0.1, 0.15) is 20.3 Å². The average Bonchev–Trinajstić information content (AvgIpc) is 1.98. The van der Waals surface area contributed by atoms with Crippen LogP contribution in [-0.4, -0.2) is 6.21 Å². The van der Waals surface area contributed by atoms with Crippen LogP contribution in [0.25, 0.3) is 0 Å². The number of hydrogen-bond acceptors (Lipinski definition) is 1. The molecule has 0 N–H and O–H groups in total. The third-order valence-electron chi connectivity index (χ3n) is 0.968. The van der Waals surface area contributed by atoms with Crippen LogP contribution >= 0.6 is 22.6 Å². The van der Waals surface area contributed by atoms with E-state index in [4.69, 9.17) is 0 Å². The molecule has 0 aromatic carbocycles. The van der Waals surface area contributed by atoms with Crippen molar-refractivity contribution in [2.75, 3.05) is 0 Å². The molecule has 62 valence electrons. The van der Waals surface area contributed by atoms with Gasteiger partial charge in [-0.3, -0.25) is 4.99 Å². The van der Waals surface area contributed by atoms with Crippen molar-refractivity contribution in [2.24, 2.45) is 4.99 Å². The van der Waals surface area contributed by atoms with Crippen molar-refractivity contribution >= 4 is 28.8 Å². The highest BCUT2D eigenvalue weighted by Crippen LogP contribution is 2.16. The van der Waals surface area contributed by atoms with E-state index in [9.17, 15) is 4.39 Å². The highest BCUT2D eigenvalue weighted by molar-refractivity contribution is 14.1. The van der Waals surface area contributed by atoms with Crippen molar-refractivity contribution in [3.63, 3.8) is 0 Å². The highest BCUT2D eigenvalue weighted by Gasteiger charge is 1.95. The summed E-state index contributed by atoms with van der Waals surface area (Å²) in [7, 11) is 0. The molecule has 0 aromatic heterocycles. The molecule has 0 atom stereocenters. The van der Waals surface area contributed by atoms with E-state index < -0.39 is 0 Å². The molecule has 0 saturated heterocycles. The van der Waals surface area contributed by atoms with Crippen molar-refractivity contribution in [3.8, 4) is 0 Å². The van der Waals surface area contributed by atoms with Gasteiger partial charge >= 0.3 is 0 Å². The zero-order chi connectivity index (χ0) is 8.85. The molecule has 0 heterocycles. The summed E-state index contributed by atoms with van der Waals surface area (Å²) in [4.78, 5) is 3.74. The largest absolute Gasteiger partial charge is 0.259 e. The lowest BCUT2D eigenvalue weighted by Gasteiger charge is -1.92. The molecule has 1 nitrogen and oxygen atoms in total. The maximum absolute atomic E-state index is 12.8. The SMILES string of the molecule is C=C(C)/N=C\C(F)=C(/I)CC. The second-order valence-electron chi connectivity index (χ2n) is 2.10. The van der Waals surface area contributed by atoms with Crippen molar-refractivity contribution in [2.45, 2.75) is 20.3 Å². The molecule has 0 bridgehead atoms. The molecule has 11 heavy (non-hydrogen) atoms. The number of hydrogen-bond donors (Lipinski definition) is 0. The Balaban J connectivity index is 4.26. The molecule has 3 heteroatoms. The van der Waals surface area contributed by atoms with Gasteiger partial charge in [0.15, 0.2) is 5.83 Å². The van der Waals surface area contributed by atoms with Gasteiger partial charge in [0, 0.05) is 9.28 Å². The van der Waals surface area contributed by atoms with Crippen LogP contribution in [0.5, 0.6) is 0 Å². The molecule has 0 aliphatic heterocycles. The van der Waals surface area contributed by atoms with Gasteiger partial charge < -0.3 is 0 Å². The van der Waals surface area contributed by atoms with E-state index in [1.807, 2.05) is 29.5 Å². The molecule has 0 radical (unpaired) electrons. The van der Waals surface area contributed by atoms with Gasteiger partial charge in [-0.05, 0) is 35.9 Å². The molecule has 0 aliphatic rings. The standard InChI is InChI=1S/C8H11FIN/c1-4-8(10)7(9)5-11-6(2)3/h5H,2,4H2,1,3H3/b8-7+,11-5-. The number of nitrogens with zero attached hydrogens (tertiary/aromatic N) is 1.